The number of ether oxygens (including phenoxy) is 1. The Hall–Kier alpha value is -2.93. The van der Waals surface area contributed by atoms with Crippen LogP contribution in [0.1, 0.15) is 12.5 Å². The molecule has 2 aromatic carbocycles. The number of benzene rings is 2. The second kappa shape index (κ2) is 7.31. The molecule has 6 nitrogen and oxygen atoms in total. The van der Waals surface area contributed by atoms with Gasteiger partial charge in [-0.2, -0.15) is 5.10 Å². The number of nitrogens with zero attached hydrogens (tertiary/aromatic N) is 3. The first-order valence-corrected chi connectivity index (χ1v) is 8.43. The zero-order valence-corrected chi connectivity index (χ0v) is 14.7. The molecule has 1 heterocycles. The van der Waals surface area contributed by atoms with E-state index in [0.29, 0.717) is 4.80 Å². The molecule has 0 bridgehead atoms. The van der Waals surface area contributed by atoms with Crippen molar-refractivity contribution >= 4 is 33.2 Å². The van der Waals surface area contributed by atoms with Crippen molar-refractivity contribution in [2.24, 2.45) is 10.2 Å². The molecule has 3 rings (SSSR count). The topological polar surface area (TPSA) is 76.2 Å². The average molecular weight is 355 g/mol. The van der Waals surface area contributed by atoms with Crippen molar-refractivity contribution in [3.8, 4) is 5.75 Å². The molecule has 0 spiro atoms. The van der Waals surface area contributed by atoms with Gasteiger partial charge in [-0.25, -0.2) is 0 Å². The Morgan fingerprint density at radius 2 is 1.92 bits per heavy atom. The van der Waals surface area contributed by atoms with Gasteiger partial charge in [0, 0.05) is 0 Å². The Kier molecular flexibility index (Phi) is 4.95. The number of aromatic nitrogens is 1. The lowest BCUT2D eigenvalue weighted by Gasteiger charge is -2.02. The highest BCUT2D eigenvalue weighted by Crippen LogP contribution is 2.17. The van der Waals surface area contributed by atoms with Crippen LogP contribution in [0.15, 0.2) is 58.7 Å². The first-order chi connectivity index (χ1) is 12.1. The third-order valence-corrected chi connectivity index (χ3v) is 4.72. The van der Waals surface area contributed by atoms with Crippen LogP contribution >= 0.6 is 11.3 Å². The minimum atomic E-state index is -0.916. The molecule has 7 heteroatoms. The zero-order valence-electron chi connectivity index (χ0n) is 13.8. The van der Waals surface area contributed by atoms with Crippen LogP contribution in [0.2, 0.25) is 0 Å². The molecule has 25 heavy (non-hydrogen) atoms. The van der Waals surface area contributed by atoms with E-state index in [2.05, 4.69) is 10.2 Å². The van der Waals surface area contributed by atoms with Crippen LogP contribution in [0.25, 0.3) is 10.2 Å². The lowest BCUT2D eigenvalue weighted by atomic mass is 10.1. The number of hydrogen-bond acceptors (Lipinski definition) is 5. The van der Waals surface area contributed by atoms with Crippen LogP contribution in [-0.4, -0.2) is 28.5 Å². The predicted molar refractivity (Wildman–Crippen MR) is 98.2 cm³/mol. The largest absolute Gasteiger partial charge is 0.497 e. The quantitative estimate of drug-likeness (QED) is 0.564. The van der Waals surface area contributed by atoms with E-state index in [-0.39, 0.29) is 6.54 Å². The van der Waals surface area contributed by atoms with Gasteiger partial charge in [-0.05, 0) is 48.9 Å². The summed E-state index contributed by atoms with van der Waals surface area (Å²) in [5, 5.41) is 17.7. The van der Waals surface area contributed by atoms with Gasteiger partial charge in [0.15, 0.2) is 0 Å². The van der Waals surface area contributed by atoms with Crippen LogP contribution < -0.4 is 9.54 Å². The molecular weight excluding hydrogens is 338 g/mol. The number of hydrogen-bond donors (Lipinski definition) is 1. The molecule has 1 N–H and O–H groups in total. The van der Waals surface area contributed by atoms with Gasteiger partial charge in [0.05, 0.1) is 23.0 Å². The molecule has 0 unspecified atom stereocenters. The normalized spacial score (nSPS) is 12.6. The molecule has 0 aliphatic rings. The molecule has 128 valence electrons. The van der Waals surface area contributed by atoms with E-state index in [9.17, 15) is 4.79 Å². The van der Waals surface area contributed by atoms with Gasteiger partial charge in [0.25, 0.3) is 0 Å². The van der Waals surface area contributed by atoms with Crippen molar-refractivity contribution in [1.82, 2.24) is 4.57 Å². The fourth-order valence-electron chi connectivity index (χ4n) is 2.39. The van der Waals surface area contributed by atoms with Gasteiger partial charge in [-0.3, -0.25) is 4.79 Å². The minimum Gasteiger partial charge on any atom is -0.497 e. The molecule has 1 aromatic heterocycles. The monoisotopic (exact) mass is 355 g/mol. The Morgan fingerprint density at radius 3 is 2.60 bits per heavy atom. The summed E-state index contributed by atoms with van der Waals surface area (Å²) in [4.78, 5) is 11.7. The lowest BCUT2D eigenvalue weighted by molar-refractivity contribution is -0.137. The van der Waals surface area contributed by atoms with Crippen molar-refractivity contribution in [2.75, 3.05) is 7.11 Å². The molecule has 0 radical (unpaired) electrons. The molecule has 0 aliphatic carbocycles. The fraction of sp³-hybridized carbons (Fsp3) is 0.167. The summed E-state index contributed by atoms with van der Waals surface area (Å²) >= 11 is 1.42. The maximum Gasteiger partial charge on any atom is 0.323 e. The molecule has 0 fully saturated rings. The van der Waals surface area contributed by atoms with Gasteiger partial charge < -0.3 is 14.4 Å². The molecule has 0 atom stereocenters. The minimum absolute atomic E-state index is 0.153. The summed E-state index contributed by atoms with van der Waals surface area (Å²) in [5.74, 6) is -0.141. The van der Waals surface area contributed by atoms with Crippen molar-refractivity contribution in [2.45, 2.75) is 13.5 Å². The van der Waals surface area contributed by atoms with E-state index in [1.54, 1.807) is 11.7 Å². The fourth-order valence-corrected chi connectivity index (χ4v) is 3.37. The number of carboxylic acids is 1. The van der Waals surface area contributed by atoms with Crippen LogP contribution in [0.3, 0.4) is 0 Å². The van der Waals surface area contributed by atoms with Crippen molar-refractivity contribution in [1.29, 1.82) is 0 Å². The highest BCUT2D eigenvalue weighted by atomic mass is 32.1. The summed E-state index contributed by atoms with van der Waals surface area (Å²) in [6.07, 6.45) is 0. The van der Waals surface area contributed by atoms with Crippen LogP contribution in [-0.2, 0) is 11.3 Å². The molecule has 0 saturated heterocycles. The third-order valence-electron chi connectivity index (χ3n) is 3.67. The number of para-hydroxylation sites is 1. The number of carboxylic acid groups (broad SMARTS) is 1. The van der Waals surface area contributed by atoms with E-state index in [1.807, 2.05) is 55.5 Å². The molecule has 0 saturated carbocycles. The van der Waals surface area contributed by atoms with Gasteiger partial charge in [-0.15, -0.1) is 5.10 Å². The van der Waals surface area contributed by atoms with Crippen molar-refractivity contribution in [3.05, 3.63) is 58.9 Å². The number of rotatable bonds is 5. The maximum absolute atomic E-state index is 11.2. The van der Waals surface area contributed by atoms with Gasteiger partial charge in [-0.1, -0.05) is 23.5 Å². The standard InChI is InChI=1S/C18H17N3O3S/c1-12(13-7-9-14(24-2)10-8-13)19-20-18-21(11-17(22)23)15-5-3-4-6-16(15)25-18/h3-10H,11H2,1-2H3,(H,22,23). The number of methoxy groups -OCH3 is 1. The summed E-state index contributed by atoms with van der Waals surface area (Å²) in [6.45, 7) is 1.71. The van der Waals surface area contributed by atoms with Crippen LogP contribution in [0.5, 0.6) is 5.75 Å². The summed E-state index contributed by atoms with van der Waals surface area (Å²) < 4.78 is 7.78. The van der Waals surface area contributed by atoms with Crippen LogP contribution in [0.4, 0.5) is 0 Å². The van der Waals surface area contributed by atoms with E-state index >= 15 is 0 Å². The summed E-state index contributed by atoms with van der Waals surface area (Å²) in [5.41, 5.74) is 2.50. The zero-order chi connectivity index (χ0) is 17.8. The maximum atomic E-state index is 11.2. The highest BCUT2D eigenvalue weighted by molar-refractivity contribution is 7.16. The van der Waals surface area contributed by atoms with E-state index < -0.39 is 5.97 Å². The molecule has 0 aliphatic heterocycles. The Bertz CT molecular complexity index is 1000. The summed E-state index contributed by atoms with van der Waals surface area (Å²) in [6, 6.07) is 15.2. The number of aliphatic carboxylic acids is 1. The second-order valence-electron chi connectivity index (χ2n) is 5.35. The Morgan fingerprint density at radius 1 is 1.20 bits per heavy atom. The Balaban J connectivity index is 2.03. The number of carbonyl (C=O) groups is 1. The van der Waals surface area contributed by atoms with Crippen molar-refractivity contribution in [3.63, 3.8) is 0 Å². The summed E-state index contributed by atoms with van der Waals surface area (Å²) in [7, 11) is 1.62. The first-order valence-electron chi connectivity index (χ1n) is 7.61. The smallest absolute Gasteiger partial charge is 0.323 e. The van der Waals surface area contributed by atoms with Gasteiger partial charge in [0.2, 0.25) is 4.80 Å². The van der Waals surface area contributed by atoms with E-state index in [4.69, 9.17) is 9.84 Å². The SMILES string of the molecule is COc1ccc(C(C)=NN=c2sc3ccccc3n2CC(=O)O)cc1. The van der Waals surface area contributed by atoms with E-state index in [0.717, 1.165) is 27.2 Å². The highest BCUT2D eigenvalue weighted by Gasteiger charge is 2.08. The van der Waals surface area contributed by atoms with E-state index in [1.165, 1.54) is 11.3 Å². The third kappa shape index (κ3) is 3.77. The average Bonchev–Trinajstić information content (AvgIpc) is 2.97. The second-order valence-corrected chi connectivity index (χ2v) is 6.36. The van der Waals surface area contributed by atoms with Crippen LogP contribution in [0, 0.1) is 0 Å². The predicted octanol–water partition coefficient (Wildman–Crippen LogP) is 3.12. The van der Waals surface area contributed by atoms with Gasteiger partial charge in [0.1, 0.15) is 12.3 Å². The number of fused-ring (bicyclic) bond motifs is 1. The molecule has 3 aromatic rings. The molecular formula is C18H17N3O3S. The lowest BCUT2D eigenvalue weighted by Crippen LogP contribution is -2.19. The molecule has 0 amide bonds. The Labute approximate surface area is 148 Å². The van der Waals surface area contributed by atoms with Crippen molar-refractivity contribution < 1.29 is 14.6 Å². The number of thiazole rings is 1. The van der Waals surface area contributed by atoms with Gasteiger partial charge >= 0.3 is 5.97 Å². The first kappa shape index (κ1) is 16.9.